The van der Waals surface area contributed by atoms with Crippen LogP contribution < -0.4 is 0 Å². The van der Waals surface area contributed by atoms with Gasteiger partial charge in [0.1, 0.15) is 0 Å². The first kappa shape index (κ1) is 30.7. The van der Waals surface area contributed by atoms with Crippen molar-refractivity contribution in [3.05, 3.63) is 0 Å². The zero-order chi connectivity index (χ0) is 23.9. The van der Waals surface area contributed by atoms with Crippen molar-refractivity contribution in [2.45, 2.75) is 130 Å². The second-order valence-corrected chi connectivity index (χ2v) is 15.4. The predicted octanol–water partition coefficient (Wildman–Crippen LogP) is 7.43. The Morgan fingerprint density at radius 1 is 0.833 bits per heavy atom. The molecule has 0 rings (SSSR count). The highest BCUT2D eigenvalue weighted by Gasteiger charge is 2.37. The molecule has 0 fully saturated rings. The summed E-state index contributed by atoms with van der Waals surface area (Å²) in [5, 5.41) is 0.273. The second kappa shape index (κ2) is 13.4. The Hall–Kier alpha value is 0.680. The maximum atomic E-state index is 11.8. The van der Waals surface area contributed by atoms with E-state index in [9.17, 15) is 4.79 Å². The Morgan fingerprint density at radius 2 is 1.23 bits per heavy atom. The number of rotatable bonds is 14. The highest BCUT2D eigenvalue weighted by atomic mass is 32.2. The molecule has 0 spiro atoms. The summed E-state index contributed by atoms with van der Waals surface area (Å²) in [7, 11) is -0.878. The van der Waals surface area contributed by atoms with Gasteiger partial charge >= 0.3 is 0 Å². The van der Waals surface area contributed by atoms with Crippen LogP contribution >= 0.6 is 32.0 Å². The molecule has 0 aliphatic rings. The SMILES string of the molecule is CCC(=O)SCC(C)(C)SC(C)(C)COP(N(C(C)C)C(C)C)N(C(C)C)C(C)C. The molecule has 0 atom stereocenters. The minimum Gasteiger partial charge on any atom is -0.330 e. The topological polar surface area (TPSA) is 32.8 Å². The lowest BCUT2D eigenvalue weighted by Crippen LogP contribution is -2.44. The molecule has 7 heteroatoms. The number of carbonyl (C=O) groups excluding carboxylic acids is 1. The van der Waals surface area contributed by atoms with E-state index in [1.807, 2.05) is 18.7 Å². The molecular formula is C23H49N2O2PS2. The molecule has 0 saturated carbocycles. The molecular weight excluding hydrogens is 431 g/mol. The lowest BCUT2D eigenvalue weighted by atomic mass is 10.2. The third-order valence-electron chi connectivity index (χ3n) is 4.46. The van der Waals surface area contributed by atoms with Crippen molar-refractivity contribution in [2.75, 3.05) is 12.4 Å². The smallest absolute Gasteiger partial charge is 0.188 e. The van der Waals surface area contributed by atoms with Gasteiger partial charge in [0.05, 0.1) is 6.61 Å². The third kappa shape index (κ3) is 11.0. The van der Waals surface area contributed by atoms with Gasteiger partial charge in [-0.2, -0.15) is 0 Å². The van der Waals surface area contributed by atoms with E-state index in [-0.39, 0.29) is 14.6 Å². The summed E-state index contributed by atoms with van der Waals surface area (Å²) >= 11 is 3.39. The van der Waals surface area contributed by atoms with Crippen molar-refractivity contribution < 1.29 is 9.32 Å². The maximum Gasteiger partial charge on any atom is 0.188 e. The van der Waals surface area contributed by atoms with Gasteiger partial charge in [-0.15, -0.1) is 11.8 Å². The normalized spacial score (nSPS) is 13.9. The number of nitrogens with zero attached hydrogens (tertiary/aromatic N) is 2. The van der Waals surface area contributed by atoms with Gasteiger partial charge in [0, 0.05) is 45.8 Å². The van der Waals surface area contributed by atoms with Crippen molar-refractivity contribution in [2.24, 2.45) is 0 Å². The molecule has 0 aliphatic heterocycles. The van der Waals surface area contributed by atoms with Crippen LogP contribution in [0, 0.1) is 0 Å². The molecule has 0 heterocycles. The van der Waals surface area contributed by atoms with Crippen LogP contribution in [0.25, 0.3) is 0 Å². The predicted molar refractivity (Wildman–Crippen MR) is 141 cm³/mol. The van der Waals surface area contributed by atoms with Crippen LogP contribution in [0.2, 0.25) is 0 Å². The highest BCUT2D eigenvalue weighted by Crippen LogP contribution is 2.52. The molecule has 4 nitrogen and oxygen atoms in total. The van der Waals surface area contributed by atoms with E-state index in [0.29, 0.717) is 37.2 Å². The summed E-state index contributed by atoms with van der Waals surface area (Å²) < 4.78 is 11.8. The molecule has 0 aromatic carbocycles. The first-order valence-corrected chi connectivity index (χ1v) is 14.4. The zero-order valence-electron chi connectivity index (χ0n) is 21.9. The first-order chi connectivity index (χ1) is 13.5. The van der Waals surface area contributed by atoms with Gasteiger partial charge in [-0.25, -0.2) is 9.34 Å². The largest absolute Gasteiger partial charge is 0.330 e. The molecule has 0 aliphatic carbocycles. The quantitative estimate of drug-likeness (QED) is 0.240. The van der Waals surface area contributed by atoms with Crippen molar-refractivity contribution in [3.63, 3.8) is 0 Å². The monoisotopic (exact) mass is 480 g/mol. The van der Waals surface area contributed by atoms with Crippen molar-refractivity contribution >= 4 is 37.1 Å². The fraction of sp³-hybridized carbons (Fsp3) is 0.957. The summed E-state index contributed by atoms with van der Waals surface area (Å²) in [6, 6.07) is 1.67. The number of thioether (sulfide) groups is 2. The molecule has 0 aromatic rings. The number of hydrogen-bond donors (Lipinski definition) is 0. The van der Waals surface area contributed by atoms with Gasteiger partial charge in [-0.05, 0) is 83.1 Å². The third-order valence-corrected chi connectivity index (χ3v) is 10.5. The molecule has 0 aromatic heterocycles. The van der Waals surface area contributed by atoms with Crippen LogP contribution in [-0.2, 0) is 9.32 Å². The zero-order valence-corrected chi connectivity index (χ0v) is 24.4. The van der Waals surface area contributed by atoms with Crippen LogP contribution in [0.15, 0.2) is 0 Å². The van der Waals surface area contributed by atoms with E-state index in [1.165, 1.54) is 11.8 Å². The number of hydrogen-bond acceptors (Lipinski definition) is 6. The molecule has 0 N–H and O–H groups in total. The van der Waals surface area contributed by atoms with Crippen LogP contribution in [0.3, 0.4) is 0 Å². The lowest BCUT2D eigenvalue weighted by molar-refractivity contribution is -0.110. The molecule has 0 bridgehead atoms. The summed E-state index contributed by atoms with van der Waals surface area (Å²) in [6.07, 6.45) is 0.600. The van der Waals surface area contributed by atoms with E-state index in [4.69, 9.17) is 4.52 Å². The summed E-state index contributed by atoms with van der Waals surface area (Å²) in [4.78, 5) is 11.8. The van der Waals surface area contributed by atoms with Crippen molar-refractivity contribution in [3.8, 4) is 0 Å². The Balaban J connectivity index is 5.47. The fourth-order valence-corrected chi connectivity index (χ4v) is 8.96. The summed E-state index contributed by atoms with van der Waals surface area (Å²) in [6.45, 7) is 29.8. The van der Waals surface area contributed by atoms with Crippen molar-refractivity contribution in [1.29, 1.82) is 0 Å². The minimum atomic E-state index is -0.878. The molecule has 180 valence electrons. The average Bonchev–Trinajstić information content (AvgIpc) is 2.55. The Kier molecular flexibility index (Phi) is 13.7. The van der Waals surface area contributed by atoms with Gasteiger partial charge in [0.25, 0.3) is 0 Å². The second-order valence-electron chi connectivity index (χ2n) is 10.3. The van der Waals surface area contributed by atoms with Gasteiger partial charge in [0.2, 0.25) is 0 Å². The van der Waals surface area contributed by atoms with Gasteiger partial charge in [-0.3, -0.25) is 4.79 Å². The molecule has 0 amide bonds. The van der Waals surface area contributed by atoms with Crippen LogP contribution in [-0.4, -0.2) is 60.5 Å². The van der Waals surface area contributed by atoms with Gasteiger partial charge in [0.15, 0.2) is 13.6 Å². The van der Waals surface area contributed by atoms with E-state index < -0.39 is 8.45 Å². The van der Waals surface area contributed by atoms with E-state index >= 15 is 0 Å². The minimum absolute atomic E-state index is 0.0106. The average molecular weight is 481 g/mol. The Morgan fingerprint density at radius 3 is 1.57 bits per heavy atom. The van der Waals surface area contributed by atoms with E-state index in [2.05, 4.69) is 92.4 Å². The summed E-state index contributed by atoms with van der Waals surface area (Å²) in [5.74, 6) is 0.830. The van der Waals surface area contributed by atoms with Gasteiger partial charge in [-0.1, -0.05) is 18.7 Å². The lowest BCUT2D eigenvalue weighted by Gasteiger charge is -2.46. The maximum absolute atomic E-state index is 11.8. The summed E-state index contributed by atoms with van der Waals surface area (Å²) in [5.41, 5.74) is 0. The fourth-order valence-electron chi connectivity index (χ4n) is 3.61. The molecule has 30 heavy (non-hydrogen) atoms. The molecule has 0 radical (unpaired) electrons. The van der Waals surface area contributed by atoms with Crippen LogP contribution in [0.1, 0.15) is 96.4 Å². The van der Waals surface area contributed by atoms with E-state index in [0.717, 1.165) is 5.75 Å². The number of carbonyl (C=O) groups is 1. The molecule has 0 unspecified atom stereocenters. The van der Waals surface area contributed by atoms with E-state index in [1.54, 1.807) is 0 Å². The first-order valence-electron chi connectivity index (χ1n) is 11.4. The van der Waals surface area contributed by atoms with Crippen molar-refractivity contribution in [1.82, 2.24) is 9.34 Å². The van der Waals surface area contributed by atoms with Crippen LogP contribution in [0.4, 0.5) is 0 Å². The highest BCUT2D eigenvalue weighted by molar-refractivity contribution is 8.14. The van der Waals surface area contributed by atoms with Crippen LogP contribution in [0.5, 0.6) is 0 Å². The Labute approximate surface area is 198 Å². The van der Waals surface area contributed by atoms with Gasteiger partial charge < -0.3 is 4.52 Å². The molecule has 0 saturated heterocycles. The Bertz CT molecular complexity index is 475. The standard InChI is InChI=1S/C23H49N2O2PS2/c1-14-21(26)29-16-23(12,13)30-22(10,11)15-27-28(24(17(2)3)18(4)5)25(19(6)7)20(8)9/h17-20H,14-16H2,1-13H3.